The second-order valence-corrected chi connectivity index (χ2v) is 6.56. The van der Waals surface area contributed by atoms with Gasteiger partial charge < -0.3 is 5.32 Å². The van der Waals surface area contributed by atoms with Crippen LogP contribution in [-0.2, 0) is 4.79 Å². The molecule has 1 fully saturated rings. The molecule has 0 spiro atoms. The molecule has 132 valence electrons. The zero-order valence-electron chi connectivity index (χ0n) is 14.0. The van der Waals surface area contributed by atoms with Crippen LogP contribution in [0, 0.1) is 12.5 Å². The lowest BCUT2D eigenvalue weighted by molar-refractivity contribution is -0.117. The fraction of sp³-hybridized carbons (Fsp3) is 0.158. The molecular formula is C19H13FN6O. The molecule has 3 aromatic heterocycles. The number of nitrogens with one attached hydrogen (secondary N) is 2. The first-order valence-electron chi connectivity index (χ1n) is 8.42. The normalized spacial score (nSPS) is 18.5. The first-order chi connectivity index (χ1) is 13.1. The number of carbonyl (C=O) groups is 1. The number of alkyl halides is 1. The zero-order chi connectivity index (χ0) is 18.5. The number of rotatable bonds is 3. The van der Waals surface area contributed by atoms with Gasteiger partial charge in [0.2, 0.25) is 5.91 Å². The van der Waals surface area contributed by atoms with Crippen molar-refractivity contribution in [2.75, 3.05) is 5.32 Å². The van der Waals surface area contributed by atoms with Gasteiger partial charge in [0, 0.05) is 17.6 Å². The van der Waals surface area contributed by atoms with Gasteiger partial charge >= 0.3 is 0 Å². The number of carbonyl (C=O) groups excluding carboxylic acids is 1. The van der Waals surface area contributed by atoms with Crippen LogP contribution < -0.4 is 5.32 Å². The number of aromatic amines is 1. The zero-order valence-corrected chi connectivity index (χ0v) is 14.0. The van der Waals surface area contributed by atoms with Crippen molar-refractivity contribution < 1.29 is 9.18 Å². The number of amides is 1. The van der Waals surface area contributed by atoms with Gasteiger partial charge in [-0.15, -0.1) is 0 Å². The van der Waals surface area contributed by atoms with Crippen LogP contribution >= 0.6 is 0 Å². The van der Waals surface area contributed by atoms with Gasteiger partial charge in [0.25, 0.3) is 0 Å². The van der Waals surface area contributed by atoms with Gasteiger partial charge in [-0.05, 0) is 35.7 Å². The van der Waals surface area contributed by atoms with E-state index in [1.165, 1.54) is 0 Å². The number of pyridine rings is 1. The van der Waals surface area contributed by atoms with Gasteiger partial charge in [-0.25, -0.2) is 13.8 Å². The van der Waals surface area contributed by atoms with Crippen LogP contribution in [0.25, 0.3) is 32.4 Å². The largest absolute Gasteiger partial charge is 0.309 e. The van der Waals surface area contributed by atoms with E-state index in [1.807, 2.05) is 18.2 Å². The van der Waals surface area contributed by atoms with Crippen LogP contribution in [-0.4, -0.2) is 31.9 Å². The van der Waals surface area contributed by atoms with Crippen LogP contribution in [0.2, 0.25) is 0 Å². The first kappa shape index (κ1) is 15.5. The van der Waals surface area contributed by atoms with Gasteiger partial charge in [-0.3, -0.25) is 9.89 Å². The minimum Gasteiger partial charge on any atom is -0.309 e. The number of hydrogen-bond acceptors (Lipinski definition) is 3. The van der Waals surface area contributed by atoms with E-state index in [0.29, 0.717) is 11.5 Å². The van der Waals surface area contributed by atoms with Crippen LogP contribution in [0.5, 0.6) is 0 Å². The summed E-state index contributed by atoms with van der Waals surface area (Å²) in [6, 6.07) is 9.08. The molecule has 4 aromatic rings. The average molecular weight is 360 g/mol. The summed E-state index contributed by atoms with van der Waals surface area (Å²) < 4.78 is 14.7. The molecule has 0 bridgehead atoms. The van der Waals surface area contributed by atoms with E-state index in [0.717, 1.165) is 27.5 Å². The Hall–Kier alpha value is -3.73. The molecule has 1 aliphatic rings. The van der Waals surface area contributed by atoms with Crippen molar-refractivity contribution in [3.63, 3.8) is 0 Å². The quantitative estimate of drug-likeness (QED) is 0.547. The fourth-order valence-corrected chi connectivity index (χ4v) is 3.27. The molecule has 0 aliphatic heterocycles. The summed E-state index contributed by atoms with van der Waals surface area (Å²) >= 11 is 0. The Balaban J connectivity index is 1.57. The molecule has 1 aliphatic carbocycles. The minimum atomic E-state index is -1.05. The lowest BCUT2D eigenvalue weighted by Gasteiger charge is -2.06. The maximum absolute atomic E-state index is 13.0. The minimum absolute atomic E-state index is 0.275. The van der Waals surface area contributed by atoms with Crippen LogP contribution in [0.3, 0.4) is 0 Å². The Kier molecular flexibility index (Phi) is 3.24. The third kappa shape index (κ3) is 2.52. The number of anilines is 1. The van der Waals surface area contributed by atoms with E-state index in [1.54, 1.807) is 29.0 Å². The molecule has 2 N–H and O–H groups in total. The molecule has 7 nitrogen and oxygen atoms in total. The average Bonchev–Trinajstić information content (AvgIpc) is 3.07. The lowest BCUT2D eigenvalue weighted by atomic mass is 10.0. The molecule has 0 saturated heterocycles. The predicted octanol–water partition coefficient (Wildman–Crippen LogP) is 3.72. The predicted molar refractivity (Wildman–Crippen MR) is 98.2 cm³/mol. The first-order valence-corrected chi connectivity index (χ1v) is 8.42. The standard InChI is InChI=1S/C19H13FN6O/c1-21-16-3-2-15-13(9-22-24-15)18(16)10-4-5-26-11(6-10)7-17(25-26)23-19(27)12-8-14(12)20/h2-7,9,12,14H,8H2,(H,22,24)(H,23,25,27)/t12-,14+/m1/s1. The summed E-state index contributed by atoms with van der Waals surface area (Å²) in [4.78, 5) is 15.5. The molecule has 1 amide bonds. The highest BCUT2D eigenvalue weighted by Crippen LogP contribution is 2.37. The third-order valence-corrected chi connectivity index (χ3v) is 4.78. The highest BCUT2D eigenvalue weighted by atomic mass is 19.1. The highest BCUT2D eigenvalue weighted by Gasteiger charge is 2.43. The van der Waals surface area contributed by atoms with E-state index >= 15 is 0 Å². The number of fused-ring (bicyclic) bond motifs is 2. The maximum Gasteiger partial charge on any atom is 0.231 e. The number of halogens is 1. The Morgan fingerprint density at radius 2 is 2.22 bits per heavy atom. The molecule has 1 aromatic carbocycles. The molecule has 27 heavy (non-hydrogen) atoms. The molecule has 8 heteroatoms. The molecule has 0 unspecified atom stereocenters. The molecule has 1 saturated carbocycles. The summed E-state index contributed by atoms with van der Waals surface area (Å²) in [6.07, 6.45) is 2.70. The number of H-pyrrole nitrogens is 1. The van der Waals surface area contributed by atoms with E-state index in [4.69, 9.17) is 6.57 Å². The molecule has 2 atom stereocenters. The Morgan fingerprint density at radius 3 is 3.00 bits per heavy atom. The van der Waals surface area contributed by atoms with Gasteiger partial charge in [-0.1, -0.05) is 6.07 Å². The van der Waals surface area contributed by atoms with Crippen molar-refractivity contribution in [3.05, 3.63) is 54.1 Å². The SMILES string of the molecule is [C-]#[N+]c1ccc2[nH]ncc2c1-c1ccn2nc(NC(=O)[C@@H]3C[C@@H]3F)cc2c1. The second kappa shape index (κ2) is 5.64. The maximum atomic E-state index is 13.0. The van der Waals surface area contributed by atoms with Crippen molar-refractivity contribution >= 4 is 33.8 Å². The highest BCUT2D eigenvalue weighted by molar-refractivity contribution is 6.02. The number of nitrogens with zero attached hydrogens (tertiary/aromatic N) is 4. The molecule has 0 radical (unpaired) electrons. The third-order valence-electron chi connectivity index (χ3n) is 4.78. The molecule has 5 rings (SSSR count). The van der Waals surface area contributed by atoms with Crippen LogP contribution in [0.1, 0.15) is 6.42 Å². The van der Waals surface area contributed by atoms with E-state index < -0.39 is 12.1 Å². The Morgan fingerprint density at radius 1 is 1.37 bits per heavy atom. The van der Waals surface area contributed by atoms with Crippen molar-refractivity contribution in [1.82, 2.24) is 19.8 Å². The van der Waals surface area contributed by atoms with Gasteiger partial charge in [-0.2, -0.15) is 10.2 Å². The second-order valence-electron chi connectivity index (χ2n) is 6.56. The van der Waals surface area contributed by atoms with Gasteiger partial charge in [0.1, 0.15) is 6.17 Å². The lowest BCUT2D eigenvalue weighted by Crippen LogP contribution is -2.15. The monoisotopic (exact) mass is 360 g/mol. The van der Waals surface area contributed by atoms with Crippen molar-refractivity contribution in [1.29, 1.82) is 0 Å². The summed E-state index contributed by atoms with van der Waals surface area (Å²) in [7, 11) is 0. The van der Waals surface area contributed by atoms with E-state index in [9.17, 15) is 9.18 Å². The topological polar surface area (TPSA) is 79.4 Å². The number of aromatic nitrogens is 4. The molecular weight excluding hydrogens is 347 g/mol. The summed E-state index contributed by atoms with van der Waals surface area (Å²) in [6.45, 7) is 7.47. The summed E-state index contributed by atoms with van der Waals surface area (Å²) in [5, 5.41) is 14.8. The Bertz CT molecular complexity index is 1250. The summed E-state index contributed by atoms with van der Waals surface area (Å²) in [5.41, 5.74) is 3.79. The summed E-state index contributed by atoms with van der Waals surface area (Å²) in [5.74, 6) is -0.530. The van der Waals surface area contributed by atoms with Gasteiger partial charge in [0.05, 0.1) is 29.7 Å². The number of benzene rings is 1. The number of hydrogen-bond donors (Lipinski definition) is 2. The van der Waals surface area contributed by atoms with Crippen molar-refractivity contribution in [2.45, 2.75) is 12.6 Å². The smallest absolute Gasteiger partial charge is 0.231 e. The Labute approximate surface area is 152 Å². The van der Waals surface area contributed by atoms with Gasteiger partial charge in [0.15, 0.2) is 11.5 Å². The van der Waals surface area contributed by atoms with E-state index in [2.05, 4.69) is 25.5 Å². The van der Waals surface area contributed by atoms with Crippen molar-refractivity contribution in [2.24, 2.45) is 5.92 Å². The van der Waals surface area contributed by atoms with Crippen molar-refractivity contribution in [3.8, 4) is 11.1 Å². The van der Waals surface area contributed by atoms with Crippen LogP contribution in [0.15, 0.2) is 42.7 Å². The van der Waals surface area contributed by atoms with E-state index in [-0.39, 0.29) is 12.3 Å². The fourth-order valence-electron chi connectivity index (χ4n) is 3.27. The molecule has 3 heterocycles. The van der Waals surface area contributed by atoms with Crippen LogP contribution in [0.4, 0.5) is 15.9 Å².